The molecule has 0 aliphatic rings. The van der Waals surface area contributed by atoms with Gasteiger partial charge >= 0.3 is 0 Å². The van der Waals surface area contributed by atoms with Gasteiger partial charge in [-0.05, 0) is 37.1 Å². The van der Waals surface area contributed by atoms with Gasteiger partial charge in [0.15, 0.2) is 0 Å². The van der Waals surface area contributed by atoms with Gasteiger partial charge in [-0.1, -0.05) is 48.4 Å². The summed E-state index contributed by atoms with van der Waals surface area (Å²) in [7, 11) is 0. The molecule has 0 fully saturated rings. The summed E-state index contributed by atoms with van der Waals surface area (Å²) in [6.07, 6.45) is 0.966. The van der Waals surface area contributed by atoms with Crippen LogP contribution in [0.4, 0.5) is 5.69 Å². The molecule has 1 atom stereocenters. The van der Waals surface area contributed by atoms with E-state index in [0.717, 1.165) is 12.1 Å². The van der Waals surface area contributed by atoms with Crippen molar-refractivity contribution < 1.29 is 0 Å². The van der Waals surface area contributed by atoms with Crippen molar-refractivity contribution in [3.05, 3.63) is 64.2 Å². The van der Waals surface area contributed by atoms with Gasteiger partial charge in [0, 0.05) is 5.69 Å². The van der Waals surface area contributed by atoms with Gasteiger partial charge in [0.25, 0.3) is 0 Å². The van der Waals surface area contributed by atoms with E-state index in [1.54, 1.807) is 12.1 Å². The number of aryl methyl sites for hydroxylation is 1. The summed E-state index contributed by atoms with van der Waals surface area (Å²) < 4.78 is 0. The highest BCUT2D eigenvalue weighted by molar-refractivity contribution is 6.31. The molecule has 0 saturated heterocycles. The highest BCUT2D eigenvalue weighted by Crippen LogP contribution is 2.25. The molecule has 2 aromatic rings. The van der Waals surface area contributed by atoms with E-state index in [9.17, 15) is 0 Å². The summed E-state index contributed by atoms with van der Waals surface area (Å²) in [4.78, 5) is 0. The molecule has 0 saturated carbocycles. The quantitative estimate of drug-likeness (QED) is 0.849. The van der Waals surface area contributed by atoms with E-state index in [2.05, 4.69) is 49.5 Å². The van der Waals surface area contributed by atoms with E-state index in [1.807, 2.05) is 6.07 Å². The van der Waals surface area contributed by atoms with E-state index < -0.39 is 0 Å². The van der Waals surface area contributed by atoms with Gasteiger partial charge in [0.05, 0.1) is 16.6 Å². The van der Waals surface area contributed by atoms with Crippen LogP contribution in [0.3, 0.4) is 0 Å². The molecule has 20 heavy (non-hydrogen) atoms. The van der Waals surface area contributed by atoms with Crippen LogP contribution in [-0.4, -0.2) is 0 Å². The fourth-order valence-corrected chi connectivity index (χ4v) is 2.28. The molecule has 0 amide bonds. The van der Waals surface area contributed by atoms with Gasteiger partial charge in [0.2, 0.25) is 0 Å². The van der Waals surface area contributed by atoms with Crippen molar-refractivity contribution in [1.82, 2.24) is 0 Å². The third-order valence-electron chi connectivity index (χ3n) is 3.32. The summed E-state index contributed by atoms with van der Waals surface area (Å²) in [6.45, 7) is 4.22. The third kappa shape index (κ3) is 3.31. The summed E-state index contributed by atoms with van der Waals surface area (Å²) in [6, 6.07) is 16.3. The van der Waals surface area contributed by atoms with Crippen molar-refractivity contribution in [1.29, 1.82) is 5.26 Å². The number of halogens is 1. The Hall–Kier alpha value is -1.98. The fraction of sp³-hybridized carbons (Fsp3) is 0.235. The number of nitrogens with zero attached hydrogens (tertiary/aromatic N) is 1. The summed E-state index contributed by atoms with van der Waals surface area (Å²) in [5.74, 6) is 0. The van der Waals surface area contributed by atoms with Crippen molar-refractivity contribution in [2.24, 2.45) is 0 Å². The molecule has 2 rings (SSSR count). The Bertz CT molecular complexity index is 626. The molecule has 0 bridgehead atoms. The zero-order valence-electron chi connectivity index (χ0n) is 11.7. The van der Waals surface area contributed by atoms with Crippen molar-refractivity contribution in [3.63, 3.8) is 0 Å². The first kappa shape index (κ1) is 14.4. The normalized spacial score (nSPS) is 11.7. The topological polar surface area (TPSA) is 35.8 Å². The van der Waals surface area contributed by atoms with Crippen LogP contribution in [0.5, 0.6) is 0 Å². The van der Waals surface area contributed by atoms with Gasteiger partial charge in [-0.2, -0.15) is 5.26 Å². The Labute approximate surface area is 125 Å². The lowest BCUT2D eigenvalue weighted by molar-refractivity contribution is 0.749. The number of hydrogen-bond acceptors (Lipinski definition) is 2. The first-order chi connectivity index (χ1) is 9.63. The number of anilines is 1. The first-order valence-corrected chi connectivity index (χ1v) is 7.04. The van der Waals surface area contributed by atoms with Gasteiger partial charge in [-0.15, -0.1) is 0 Å². The van der Waals surface area contributed by atoms with Crippen LogP contribution < -0.4 is 5.32 Å². The minimum atomic E-state index is 0.225. The highest BCUT2D eigenvalue weighted by Gasteiger charge is 2.10. The van der Waals surface area contributed by atoms with Crippen LogP contribution in [0.15, 0.2) is 42.5 Å². The number of nitrogens with one attached hydrogen (secondary N) is 1. The van der Waals surface area contributed by atoms with Crippen LogP contribution in [0.25, 0.3) is 0 Å². The summed E-state index contributed by atoms with van der Waals surface area (Å²) >= 11 is 5.95. The standard InChI is InChI=1S/C17H17ClN2/c1-3-17(13-6-4-12(2)5-7-13)20-15-8-9-16(18)14(10-15)11-19/h4-10,17,20H,3H2,1-2H3. The largest absolute Gasteiger partial charge is 0.378 e. The predicted octanol–water partition coefficient (Wildman–Crippen LogP) is 5.08. The first-order valence-electron chi connectivity index (χ1n) is 6.66. The van der Waals surface area contributed by atoms with Crippen molar-refractivity contribution >= 4 is 17.3 Å². The molecule has 102 valence electrons. The second-order valence-corrected chi connectivity index (χ2v) is 5.23. The lowest BCUT2D eigenvalue weighted by atomic mass is 10.0. The van der Waals surface area contributed by atoms with E-state index in [-0.39, 0.29) is 6.04 Å². The number of nitriles is 1. The van der Waals surface area contributed by atoms with Crippen LogP contribution >= 0.6 is 11.6 Å². The van der Waals surface area contributed by atoms with Crippen LogP contribution in [0.1, 0.15) is 36.1 Å². The molecule has 0 radical (unpaired) electrons. The lowest BCUT2D eigenvalue weighted by Crippen LogP contribution is -2.09. The molecule has 0 aromatic heterocycles. The molecule has 0 aliphatic heterocycles. The molecule has 3 heteroatoms. The van der Waals surface area contributed by atoms with Crippen molar-refractivity contribution in [2.45, 2.75) is 26.3 Å². The molecule has 0 heterocycles. The molecule has 1 N–H and O–H groups in total. The maximum atomic E-state index is 9.02. The second kappa shape index (κ2) is 6.45. The SMILES string of the molecule is CCC(Nc1ccc(Cl)c(C#N)c1)c1ccc(C)cc1. The van der Waals surface area contributed by atoms with E-state index >= 15 is 0 Å². The Balaban J connectivity index is 2.22. The Morgan fingerprint density at radius 3 is 2.50 bits per heavy atom. The second-order valence-electron chi connectivity index (χ2n) is 4.82. The number of benzene rings is 2. The summed E-state index contributed by atoms with van der Waals surface area (Å²) in [5, 5.41) is 13.0. The van der Waals surface area contributed by atoms with E-state index in [4.69, 9.17) is 16.9 Å². The van der Waals surface area contributed by atoms with Crippen LogP contribution in [0.2, 0.25) is 5.02 Å². The van der Waals surface area contributed by atoms with E-state index in [1.165, 1.54) is 11.1 Å². The average molecular weight is 285 g/mol. The summed E-state index contributed by atoms with van der Waals surface area (Å²) in [5.41, 5.74) is 3.90. The predicted molar refractivity (Wildman–Crippen MR) is 84.0 cm³/mol. The minimum Gasteiger partial charge on any atom is -0.378 e. The van der Waals surface area contributed by atoms with Gasteiger partial charge in [-0.3, -0.25) is 0 Å². The Kier molecular flexibility index (Phi) is 4.65. The molecule has 0 aliphatic carbocycles. The molecular weight excluding hydrogens is 268 g/mol. The molecule has 2 nitrogen and oxygen atoms in total. The lowest BCUT2D eigenvalue weighted by Gasteiger charge is -2.19. The Morgan fingerprint density at radius 1 is 1.20 bits per heavy atom. The smallest absolute Gasteiger partial charge is 0.101 e. The maximum absolute atomic E-state index is 9.02. The molecular formula is C17H17ClN2. The third-order valence-corrected chi connectivity index (χ3v) is 3.65. The zero-order valence-corrected chi connectivity index (χ0v) is 12.4. The van der Waals surface area contributed by atoms with Crippen LogP contribution in [-0.2, 0) is 0 Å². The number of hydrogen-bond donors (Lipinski definition) is 1. The van der Waals surface area contributed by atoms with Crippen LogP contribution in [0, 0.1) is 18.3 Å². The van der Waals surface area contributed by atoms with Gasteiger partial charge in [-0.25, -0.2) is 0 Å². The van der Waals surface area contributed by atoms with Gasteiger partial charge < -0.3 is 5.32 Å². The highest BCUT2D eigenvalue weighted by atomic mass is 35.5. The van der Waals surface area contributed by atoms with Gasteiger partial charge in [0.1, 0.15) is 6.07 Å². The van der Waals surface area contributed by atoms with Crippen molar-refractivity contribution in [3.8, 4) is 6.07 Å². The average Bonchev–Trinajstić information content (AvgIpc) is 2.47. The number of rotatable bonds is 4. The Morgan fingerprint density at radius 2 is 1.90 bits per heavy atom. The maximum Gasteiger partial charge on any atom is 0.101 e. The van der Waals surface area contributed by atoms with Crippen molar-refractivity contribution in [2.75, 3.05) is 5.32 Å². The molecule has 1 unspecified atom stereocenters. The zero-order chi connectivity index (χ0) is 14.5. The fourth-order valence-electron chi connectivity index (χ4n) is 2.12. The molecule has 2 aromatic carbocycles. The van der Waals surface area contributed by atoms with E-state index in [0.29, 0.717) is 10.6 Å². The monoisotopic (exact) mass is 284 g/mol. The minimum absolute atomic E-state index is 0.225. The molecule has 0 spiro atoms.